The summed E-state index contributed by atoms with van der Waals surface area (Å²) in [6.07, 6.45) is 0. The number of esters is 2. The van der Waals surface area contributed by atoms with Crippen LogP contribution in [0.3, 0.4) is 0 Å². The lowest BCUT2D eigenvalue weighted by atomic mass is 10.1. The number of aromatic amines is 2. The van der Waals surface area contributed by atoms with Crippen molar-refractivity contribution in [2.45, 2.75) is 6.04 Å². The van der Waals surface area contributed by atoms with Gasteiger partial charge in [0.05, 0.1) is 38.1 Å². The van der Waals surface area contributed by atoms with Crippen LogP contribution in [0.25, 0.3) is 0 Å². The molecular formula is C22H20N6O8. The minimum atomic E-state index is -1.66. The average Bonchev–Trinajstić information content (AvgIpc) is 2.87. The highest BCUT2D eigenvalue weighted by atomic mass is 16.5. The number of nitrogens with zero attached hydrogens (tertiary/aromatic N) is 3. The quantitative estimate of drug-likeness (QED) is 0.306. The Morgan fingerprint density at radius 2 is 1.69 bits per heavy atom. The molecule has 36 heavy (non-hydrogen) atoms. The van der Waals surface area contributed by atoms with Gasteiger partial charge in [-0.05, 0) is 30.3 Å². The molecule has 1 atom stereocenters. The second-order valence-corrected chi connectivity index (χ2v) is 6.90. The van der Waals surface area contributed by atoms with E-state index >= 15 is 0 Å². The molecule has 0 aliphatic carbocycles. The summed E-state index contributed by atoms with van der Waals surface area (Å²) < 4.78 is 14.6. The lowest BCUT2D eigenvalue weighted by Crippen LogP contribution is -2.31. The molecule has 2 aromatic carbocycles. The molecule has 0 radical (unpaired) electrons. The van der Waals surface area contributed by atoms with Crippen LogP contribution in [0.2, 0.25) is 0 Å². The molecule has 3 rings (SSSR count). The summed E-state index contributed by atoms with van der Waals surface area (Å²) in [5, 5.41) is 10.4. The van der Waals surface area contributed by atoms with Crippen LogP contribution in [0, 0.1) is 0 Å². The Bertz CT molecular complexity index is 1420. The first-order valence-corrected chi connectivity index (χ1v) is 10.1. The standard InChI is InChI=1S/C22H20N6O8/c1-34-15-7-5-4-6-13(15)23-18(29)16(17-24-21(32)26-22(33)25-17)28-27-14-10-11(19(30)35-2)8-9-12(14)20(31)36-3/h4-10,16H,1-3H3,(H,23,29)(H2,24,25,26,32,33). The lowest BCUT2D eigenvalue weighted by Gasteiger charge is -2.13. The number of amides is 1. The molecule has 14 heteroatoms. The molecule has 1 aromatic heterocycles. The zero-order valence-electron chi connectivity index (χ0n) is 19.2. The minimum Gasteiger partial charge on any atom is -0.495 e. The van der Waals surface area contributed by atoms with Crippen molar-refractivity contribution in [1.82, 2.24) is 15.0 Å². The van der Waals surface area contributed by atoms with Gasteiger partial charge in [-0.3, -0.25) is 14.8 Å². The topological polar surface area (TPSA) is 194 Å². The molecular weight excluding hydrogens is 476 g/mol. The molecule has 1 unspecified atom stereocenters. The van der Waals surface area contributed by atoms with Crippen LogP contribution in [0.15, 0.2) is 62.3 Å². The highest BCUT2D eigenvalue weighted by molar-refractivity contribution is 5.98. The number of anilines is 1. The van der Waals surface area contributed by atoms with Crippen LogP contribution in [-0.2, 0) is 14.3 Å². The molecule has 3 N–H and O–H groups in total. The normalized spacial score (nSPS) is 11.5. The molecule has 0 spiro atoms. The number of H-pyrrole nitrogens is 2. The van der Waals surface area contributed by atoms with Crippen LogP contribution in [0.4, 0.5) is 11.4 Å². The average molecular weight is 496 g/mol. The summed E-state index contributed by atoms with van der Waals surface area (Å²) in [5.74, 6) is -2.45. The van der Waals surface area contributed by atoms with Crippen molar-refractivity contribution in [3.8, 4) is 5.75 Å². The van der Waals surface area contributed by atoms with Crippen molar-refractivity contribution in [2.75, 3.05) is 26.6 Å². The fourth-order valence-electron chi connectivity index (χ4n) is 2.98. The summed E-state index contributed by atoms with van der Waals surface area (Å²) >= 11 is 0. The van der Waals surface area contributed by atoms with E-state index in [9.17, 15) is 24.0 Å². The highest BCUT2D eigenvalue weighted by Crippen LogP contribution is 2.28. The molecule has 0 fully saturated rings. The number of rotatable bonds is 8. The first-order valence-electron chi connectivity index (χ1n) is 10.1. The van der Waals surface area contributed by atoms with Gasteiger partial charge in [-0.15, -0.1) is 0 Å². The fourth-order valence-corrected chi connectivity index (χ4v) is 2.98. The van der Waals surface area contributed by atoms with Crippen molar-refractivity contribution >= 4 is 29.2 Å². The number of methoxy groups -OCH3 is 3. The van der Waals surface area contributed by atoms with Crippen LogP contribution in [0.1, 0.15) is 32.6 Å². The number of azo groups is 1. The number of hydrogen-bond donors (Lipinski definition) is 3. The van der Waals surface area contributed by atoms with Gasteiger partial charge in [0.15, 0.2) is 5.82 Å². The SMILES string of the molecule is COC(=O)c1ccc(C(=O)OC)c(N=NC(C(=O)Nc2ccccc2OC)c2nc(=O)[nH]c(=O)[nH]2)c1. The van der Waals surface area contributed by atoms with Gasteiger partial charge >= 0.3 is 23.3 Å². The Balaban J connectivity index is 2.10. The Hall–Kier alpha value is -5.14. The maximum absolute atomic E-state index is 13.2. The Labute approximate surface area is 202 Å². The Morgan fingerprint density at radius 3 is 2.36 bits per heavy atom. The smallest absolute Gasteiger partial charge is 0.350 e. The van der Waals surface area contributed by atoms with Crippen LogP contribution in [0.5, 0.6) is 5.75 Å². The highest BCUT2D eigenvalue weighted by Gasteiger charge is 2.25. The summed E-state index contributed by atoms with van der Waals surface area (Å²) in [4.78, 5) is 68.6. The predicted molar refractivity (Wildman–Crippen MR) is 123 cm³/mol. The van der Waals surface area contributed by atoms with Crippen molar-refractivity contribution in [2.24, 2.45) is 10.2 Å². The molecule has 0 aliphatic rings. The lowest BCUT2D eigenvalue weighted by molar-refractivity contribution is -0.117. The van der Waals surface area contributed by atoms with Gasteiger partial charge in [-0.1, -0.05) is 12.1 Å². The molecule has 1 heterocycles. The Morgan fingerprint density at radius 1 is 0.972 bits per heavy atom. The summed E-state index contributed by atoms with van der Waals surface area (Å²) in [7, 11) is 3.72. The summed E-state index contributed by atoms with van der Waals surface area (Å²) in [5.41, 5.74) is -1.88. The third kappa shape index (κ3) is 5.85. The van der Waals surface area contributed by atoms with Gasteiger partial charge < -0.3 is 19.5 Å². The number of carbonyl (C=O) groups excluding carboxylic acids is 3. The molecule has 0 saturated carbocycles. The number of hydrogen-bond acceptors (Lipinski definition) is 11. The third-order valence-corrected chi connectivity index (χ3v) is 4.66. The van der Waals surface area contributed by atoms with E-state index in [2.05, 4.69) is 30.3 Å². The van der Waals surface area contributed by atoms with E-state index in [4.69, 9.17) is 9.47 Å². The van der Waals surface area contributed by atoms with Gasteiger partial charge in [-0.2, -0.15) is 15.2 Å². The minimum absolute atomic E-state index is 0.0387. The van der Waals surface area contributed by atoms with Crippen LogP contribution >= 0.6 is 0 Å². The van der Waals surface area contributed by atoms with Crippen LogP contribution < -0.4 is 21.4 Å². The molecule has 0 aliphatic heterocycles. The Kier molecular flexibility index (Phi) is 8.02. The maximum atomic E-state index is 13.2. The van der Waals surface area contributed by atoms with Gasteiger partial charge in [0, 0.05) is 0 Å². The molecule has 1 amide bonds. The first kappa shape index (κ1) is 25.5. The zero-order valence-corrected chi connectivity index (χ0v) is 19.2. The van der Waals surface area contributed by atoms with E-state index in [1.165, 1.54) is 32.4 Å². The number of benzene rings is 2. The van der Waals surface area contributed by atoms with Gasteiger partial charge in [0.25, 0.3) is 5.91 Å². The van der Waals surface area contributed by atoms with E-state index in [0.29, 0.717) is 5.75 Å². The second kappa shape index (κ2) is 11.3. The van der Waals surface area contributed by atoms with Gasteiger partial charge in [0.1, 0.15) is 11.4 Å². The molecule has 3 aromatic rings. The molecule has 186 valence electrons. The number of ether oxygens (including phenoxy) is 3. The third-order valence-electron chi connectivity index (χ3n) is 4.66. The largest absolute Gasteiger partial charge is 0.495 e. The number of nitrogens with one attached hydrogen (secondary N) is 3. The van der Waals surface area contributed by atoms with E-state index in [1.807, 2.05) is 4.98 Å². The van der Waals surface area contributed by atoms with Crippen molar-refractivity contribution in [3.05, 3.63) is 80.4 Å². The van der Waals surface area contributed by atoms with Gasteiger partial charge in [-0.25, -0.2) is 19.2 Å². The molecule has 0 saturated heterocycles. The zero-order chi connectivity index (χ0) is 26.2. The van der Waals surface area contributed by atoms with Crippen molar-refractivity contribution < 1.29 is 28.6 Å². The number of carbonyl (C=O) groups is 3. The van der Waals surface area contributed by atoms with E-state index in [0.717, 1.165) is 7.11 Å². The summed E-state index contributed by atoms with van der Waals surface area (Å²) in [6.45, 7) is 0. The van der Waals surface area contributed by atoms with Gasteiger partial charge in [0.2, 0.25) is 6.04 Å². The number of aromatic nitrogens is 3. The van der Waals surface area contributed by atoms with Crippen LogP contribution in [-0.4, -0.2) is 54.1 Å². The van der Waals surface area contributed by atoms with E-state index in [-0.39, 0.29) is 22.5 Å². The summed E-state index contributed by atoms with van der Waals surface area (Å²) in [6, 6.07) is 8.60. The van der Waals surface area contributed by atoms with E-state index < -0.39 is 41.1 Å². The first-order chi connectivity index (χ1) is 17.3. The maximum Gasteiger partial charge on any atom is 0.350 e. The van der Waals surface area contributed by atoms with Crippen molar-refractivity contribution in [3.63, 3.8) is 0 Å². The molecule has 0 bridgehead atoms. The molecule has 14 nitrogen and oxygen atoms in total. The second-order valence-electron chi connectivity index (χ2n) is 6.90. The number of para-hydroxylation sites is 2. The fraction of sp³-hybridized carbons (Fsp3) is 0.182. The van der Waals surface area contributed by atoms with E-state index in [1.54, 1.807) is 24.3 Å². The monoisotopic (exact) mass is 496 g/mol. The predicted octanol–water partition coefficient (Wildman–Crippen LogP) is 1.50. The van der Waals surface area contributed by atoms with Crippen molar-refractivity contribution in [1.29, 1.82) is 0 Å².